The monoisotopic (exact) mass is 161 g/mol. The van der Waals surface area contributed by atoms with Crippen LogP contribution in [0.3, 0.4) is 0 Å². The van der Waals surface area contributed by atoms with Crippen molar-refractivity contribution in [2.24, 2.45) is 0 Å². The highest BCUT2D eigenvalue weighted by molar-refractivity contribution is 6.60. The smallest absolute Gasteiger partial charge is 0.538 e. The van der Waals surface area contributed by atoms with E-state index in [0.29, 0.717) is 6.61 Å². The predicted octanol–water partition coefficient (Wildman–Crippen LogP) is 0.337. The van der Waals surface area contributed by atoms with Crippen molar-refractivity contribution in [1.82, 2.24) is 4.98 Å². The van der Waals surface area contributed by atoms with Crippen molar-refractivity contribution in [2.75, 3.05) is 6.61 Å². The lowest BCUT2D eigenvalue weighted by atomic mass is 9.83. The molecule has 0 N–H and O–H groups in total. The van der Waals surface area contributed by atoms with Crippen molar-refractivity contribution < 1.29 is 9.31 Å². The molecule has 0 atom stereocenters. The van der Waals surface area contributed by atoms with Crippen molar-refractivity contribution in [2.45, 2.75) is 0 Å². The molecule has 12 heavy (non-hydrogen) atoms. The van der Waals surface area contributed by atoms with Crippen LogP contribution in [0.15, 0.2) is 36.7 Å². The maximum absolute atomic E-state index is 5.29. The predicted molar refractivity (Wildman–Crippen MR) is 45.8 cm³/mol. The Morgan fingerprint density at radius 1 is 1.42 bits per heavy atom. The van der Waals surface area contributed by atoms with Gasteiger partial charge in [-0.25, -0.2) is 0 Å². The standard InChI is InChI=1S/C8H8BNO2/c1-2-5-10-8(4-1)9-11-6-3-7-12-9/h1-6H,7H2. The first-order chi connectivity index (χ1) is 5.97. The van der Waals surface area contributed by atoms with Crippen molar-refractivity contribution in [3.8, 4) is 0 Å². The molecular formula is C8H8BNO2. The van der Waals surface area contributed by atoms with Crippen LogP contribution in [0.2, 0.25) is 0 Å². The van der Waals surface area contributed by atoms with Crippen LogP contribution in [0.4, 0.5) is 0 Å². The average Bonchev–Trinajstić information content (AvgIpc) is 2.21. The Morgan fingerprint density at radius 2 is 2.42 bits per heavy atom. The summed E-state index contributed by atoms with van der Waals surface area (Å²) in [6.07, 6.45) is 5.18. The fourth-order valence-electron chi connectivity index (χ4n) is 1.02. The zero-order valence-electron chi connectivity index (χ0n) is 6.51. The van der Waals surface area contributed by atoms with Crippen LogP contribution in [0.25, 0.3) is 0 Å². The molecule has 0 unspecified atom stereocenters. The Balaban J connectivity index is 2.15. The van der Waals surface area contributed by atoms with Crippen molar-refractivity contribution in [3.05, 3.63) is 36.7 Å². The molecule has 0 fully saturated rings. The Morgan fingerprint density at radius 3 is 3.08 bits per heavy atom. The maximum Gasteiger partial charge on any atom is 0.582 e. The van der Waals surface area contributed by atoms with Gasteiger partial charge in [0.05, 0.1) is 18.5 Å². The molecule has 1 aliphatic heterocycles. The minimum absolute atomic E-state index is 0.337. The van der Waals surface area contributed by atoms with E-state index in [1.165, 1.54) is 0 Å². The molecule has 0 bridgehead atoms. The normalized spacial score (nSPS) is 15.8. The van der Waals surface area contributed by atoms with Gasteiger partial charge in [0.25, 0.3) is 0 Å². The van der Waals surface area contributed by atoms with Gasteiger partial charge in [0.15, 0.2) is 0 Å². The van der Waals surface area contributed by atoms with E-state index in [0.717, 1.165) is 5.59 Å². The lowest BCUT2D eigenvalue weighted by Crippen LogP contribution is -2.39. The van der Waals surface area contributed by atoms with Crippen LogP contribution < -0.4 is 5.59 Å². The van der Waals surface area contributed by atoms with Crippen LogP contribution in [0, 0.1) is 0 Å². The van der Waals surface area contributed by atoms with Gasteiger partial charge in [0.1, 0.15) is 0 Å². The molecule has 0 radical (unpaired) electrons. The highest BCUT2D eigenvalue weighted by atomic mass is 16.6. The number of nitrogens with zero attached hydrogens (tertiary/aromatic N) is 1. The summed E-state index contributed by atoms with van der Waals surface area (Å²) in [7, 11) is -0.337. The molecule has 3 nitrogen and oxygen atoms in total. The molecule has 2 heterocycles. The zero-order valence-corrected chi connectivity index (χ0v) is 6.51. The highest BCUT2D eigenvalue weighted by Gasteiger charge is 2.24. The Hall–Kier alpha value is -1.29. The molecule has 1 aromatic heterocycles. The van der Waals surface area contributed by atoms with Gasteiger partial charge in [0.2, 0.25) is 0 Å². The van der Waals surface area contributed by atoms with Gasteiger partial charge < -0.3 is 9.31 Å². The molecule has 1 aliphatic rings. The molecule has 4 heteroatoms. The quantitative estimate of drug-likeness (QED) is 0.556. The SMILES string of the molecule is C1=COB(c2ccccn2)OC1. The third kappa shape index (κ3) is 1.48. The molecule has 2 rings (SSSR count). The van der Waals surface area contributed by atoms with E-state index in [-0.39, 0.29) is 7.12 Å². The molecule has 0 spiro atoms. The summed E-state index contributed by atoms with van der Waals surface area (Å²) in [6.45, 7) is 0.585. The number of hydrogen-bond donors (Lipinski definition) is 0. The molecular weight excluding hydrogens is 153 g/mol. The van der Waals surface area contributed by atoms with E-state index in [1.54, 1.807) is 12.5 Å². The molecule has 60 valence electrons. The van der Waals surface area contributed by atoms with E-state index in [4.69, 9.17) is 9.31 Å². The van der Waals surface area contributed by atoms with Gasteiger partial charge in [-0.3, -0.25) is 4.98 Å². The van der Waals surface area contributed by atoms with Crippen LogP contribution in [0.5, 0.6) is 0 Å². The highest BCUT2D eigenvalue weighted by Crippen LogP contribution is 1.97. The lowest BCUT2D eigenvalue weighted by molar-refractivity contribution is 0.264. The fourth-order valence-corrected chi connectivity index (χ4v) is 1.02. The third-order valence-corrected chi connectivity index (χ3v) is 1.57. The second-order valence-electron chi connectivity index (χ2n) is 2.43. The lowest BCUT2D eigenvalue weighted by Gasteiger charge is -2.14. The van der Waals surface area contributed by atoms with Crippen molar-refractivity contribution in [3.63, 3.8) is 0 Å². The van der Waals surface area contributed by atoms with Gasteiger partial charge in [-0.15, -0.1) is 0 Å². The number of hydrogen-bond acceptors (Lipinski definition) is 3. The summed E-state index contributed by atoms with van der Waals surface area (Å²) in [5, 5.41) is 0. The summed E-state index contributed by atoms with van der Waals surface area (Å²) in [5.74, 6) is 0. The number of pyridine rings is 1. The topological polar surface area (TPSA) is 31.4 Å². The molecule has 0 aromatic carbocycles. The first kappa shape index (κ1) is 7.37. The Labute approximate surface area is 71.2 Å². The van der Waals surface area contributed by atoms with E-state index in [9.17, 15) is 0 Å². The third-order valence-electron chi connectivity index (χ3n) is 1.57. The van der Waals surface area contributed by atoms with Crippen LogP contribution in [-0.4, -0.2) is 18.7 Å². The van der Waals surface area contributed by atoms with Gasteiger partial charge in [-0.05, 0) is 18.2 Å². The molecule has 0 saturated carbocycles. The van der Waals surface area contributed by atoms with E-state index < -0.39 is 0 Å². The molecule has 0 saturated heterocycles. The Kier molecular flexibility index (Phi) is 2.09. The van der Waals surface area contributed by atoms with E-state index >= 15 is 0 Å². The van der Waals surface area contributed by atoms with Crippen molar-refractivity contribution >= 4 is 12.7 Å². The number of aromatic nitrogens is 1. The first-order valence-electron chi connectivity index (χ1n) is 3.80. The number of rotatable bonds is 1. The van der Waals surface area contributed by atoms with Gasteiger partial charge >= 0.3 is 7.12 Å². The summed E-state index contributed by atoms with van der Waals surface area (Å²) < 4.78 is 10.5. The summed E-state index contributed by atoms with van der Waals surface area (Å²) in [5.41, 5.74) is 0.807. The van der Waals surface area contributed by atoms with Gasteiger partial charge in [-0.2, -0.15) is 0 Å². The van der Waals surface area contributed by atoms with E-state index in [2.05, 4.69) is 4.98 Å². The summed E-state index contributed by atoms with van der Waals surface area (Å²) in [6, 6.07) is 5.65. The zero-order chi connectivity index (χ0) is 8.23. The maximum atomic E-state index is 5.29. The fraction of sp³-hybridized carbons (Fsp3) is 0.125. The van der Waals surface area contributed by atoms with Crippen molar-refractivity contribution in [1.29, 1.82) is 0 Å². The Bertz CT molecular complexity index is 276. The minimum Gasteiger partial charge on any atom is -0.538 e. The second-order valence-corrected chi connectivity index (χ2v) is 2.43. The van der Waals surface area contributed by atoms with Crippen LogP contribution in [-0.2, 0) is 9.31 Å². The largest absolute Gasteiger partial charge is 0.582 e. The van der Waals surface area contributed by atoms with Gasteiger partial charge in [-0.1, -0.05) is 6.07 Å². The molecule has 1 aromatic rings. The molecule has 0 aliphatic carbocycles. The first-order valence-corrected chi connectivity index (χ1v) is 3.80. The summed E-state index contributed by atoms with van der Waals surface area (Å²) >= 11 is 0. The average molecular weight is 161 g/mol. The summed E-state index contributed by atoms with van der Waals surface area (Å²) in [4.78, 5) is 4.12. The van der Waals surface area contributed by atoms with E-state index in [1.807, 2.05) is 24.3 Å². The molecule has 0 amide bonds. The van der Waals surface area contributed by atoms with Crippen LogP contribution in [0.1, 0.15) is 0 Å². The van der Waals surface area contributed by atoms with Gasteiger partial charge in [0, 0.05) is 6.20 Å². The minimum atomic E-state index is -0.337. The van der Waals surface area contributed by atoms with Crippen LogP contribution >= 0.6 is 0 Å². The second kappa shape index (κ2) is 3.41.